The SMILES string of the molecule is c1ccc(-n2c3ccccc3c3c(-c4ccc(-n5c6ccccc6c6cc7ccccc7cc65)c5cnncc45)cccc32)cc1.c1ccc2cc3c(cc2c1)c1ccccc1n3-c1ccc(-c2cccc3oc4ccccc4c23)c2cnncc12.c1ccc2cc3c(cc2c1)c1ccccc1n3-c1ccc(-c2cccc3sc4ccccc4c23)c2cnncc12. The normalized spacial score (nSPS) is 12.0. The van der Waals surface area contributed by atoms with Crippen LogP contribution in [0.2, 0.25) is 0 Å². The van der Waals surface area contributed by atoms with Crippen LogP contribution >= 0.6 is 11.3 Å². The van der Waals surface area contributed by atoms with Gasteiger partial charge < -0.3 is 22.7 Å². The first kappa shape index (κ1) is 71.0. The molecule has 12 heteroatoms. The monoisotopic (exact) mass is 1620 g/mol. The van der Waals surface area contributed by atoms with E-state index in [1.807, 2.05) is 66.7 Å². The zero-order chi connectivity index (χ0) is 82.6. The zero-order valence-corrected chi connectivity index (χ0v) is 68.4. The predicted molar refractivity (Wildman–Crippen MR) is 525 cm³/mol. The standard InChI is InChI=1S/C42H26N4.C36H21N3O.C36H21N3S/c1-2-13-29(14-3-1)45-38-19-9-7-16-33(38)42-32(17-10-20-40(42)45)30-21-22-39(36-26-44-43-25-35(30)36)46-37-18-8-6-15-31(37)34-23-27-11-4-5-12-28(27)24-41(34)46;2*1-2-9-23-19-33-28(18-22(23)8-1)25-10-3-5-13-31(25)39(33)32-17-16-24(29-20-37-38-21-30(29)32)26-12-7-15-35-36(26)27-11-4-6-14-34(27)40-35/h1-26H;2*1-21H. The summed E-state index contributed by atoms with van der Waals surface area (Å²) in [4.78, 5) is 0. The molecule has 0 N–H and O–H groups in total. The van der Waals surface area contributed by atoms with E-state index in [0.717, 1.165) is 93.7 Å². The Morgan fingerprint density at radius 2 is 0.516 bits per heavy atom. The average Bonchev–Trinajstić information content (AvgIpc) is 1.54. The number of fused-ring (bicyclic) bond motifs is 24. The molecule has 0 fully saturated rings. The molecule has 9 aromatic heterocycles. The highest BCUT2D eigenvalue weighted by Gasteiger charge is 2.26. The van der Waals surface area contributed by atoms with Gasteiger partial charge in [-0.2, -0.15) is 30.6 Å². The summed E-state index contributed by atoms with van der Waals surface area (Å²) in [6, 6.07) is 135. The number of nitrogens with zero attached hydrogens (tertiary/aromatic N) is 10. The van der Waals surface area contributed by atoms with Crippen LogP contribution in [0, 0.1) is 0 Å². The van der Waals surface area contributed by atoms with Gasteiger partial charge in [-0.25, -0.2) is 0 Å². The molecule has 126 heavy (non-hydrogen) atoms. The van der Waals surface area contributed by atoms with E-state index >= 15 is 0 Å². The van der Waals surface area contributed by atoms with E-state index in [9.17, 15) is 0 Å². The van der Waals surface area contributed by atoms with E-state index in [2.05, 4.69) is 407 Å². The van der Waals surface area contributed by atoms with Crippen molar-refractivity contribution in [1.29, 1.82) is 0 Å². The Morgan fingerprint density at radius 1 is 0.183 bits per heavy atom. The van der Waals surface area contributed by atoms with Gasteiger partial charge in [0.25, 0.3) is 0 Å². The maximum absolute atomic E-state index is 6.21. The predicted octanol–water partition coefficient (Wildman–Crippen LogP) is 30.0. The number of rotatable bonds is 7. The van der Waals surface area contributed by atoms with Gasteiger partial charge in [0, 0.05) is 112 Å². The molecule has 0 aliphatic carbocycles. The molecule has 0 saturated heterocycles. The topological polar surface area (TPSA) is 110 Å². The minimum Gasteiger partial charge on any atom is -0.456 e. The smallest absolute Gasteiger partial charge is 0.136 e. The fraction of sp³-hybridized carbons (Fsp3) is 0. The number of hydrogen-bond donors (Lipinski definition) is 0. The second-order valence-electron chi connectivity index (χ2n) is 32.5. The molecule has 19 aromatic carbocycles. The van der Waals surface area contributed by atoms with E-state index in [4.69, 9.17) is 4.42 Å². The fourth-order valence-electron chi connectivity index (χ4n) is 20.4. The van der Waals surface area contributed by atoms with Gasteiger partial charge in [-0.15, -0.1) is 11.3 Å². The number of aromatic nitrogens is 10. The van der Waals surface area contributed by atoms with Gasteiger partial charge in [0.15, 0.2) is 0 Å². The van der Waals surface area contributed by atoms with E-state index in [1.165, 1.54) is 156 Å². The average molecular weight is 1630 g/mol. The largest absolute Gasteiger partial charge is 0.456 e. The summed E-state index contributed by atoms with van der Waals surface area (Å²) >= 11 is 1.85. The van der Waals surface area contributed by atoms with Crippen molar-refractivity contribution < 1.29 is 4.42 Å². The molecule has 0 aliphatic heterocycles. The molecule has 11 nitrogen and oxygen atoms in total. The highest BCUT2D eigenvalue weighted by atomic mass is 32.1. The first-order valence-electron chi connectivity index (χ1n) is 42.4. The Balaban J connectivity index is 0.000000101. The van der Waals surface area contributed by atoms with Gasteiger partial charge in [0.05, 0.1) is 98.4 Å². The Hall–Kier alpha value is -16.8. The third kappa shape index (κ3) is 11.0. The molecule has 0 atom stereocenters. The molecule has 28 aromatic rings. The summed E-state index contributed by atoms with van der Waals surface area (Å²) in [6.07, 6.45) is 11.5. The third-order valence-electron chi connectivity index (χ3n) is 25.8. The van der Waals surface area contributed by atoms with Crippen LogP contribution in [-0.4, -0.2) is 48.9 Å². The molecule has 586 valence electrons. The number of benzene rings is 19. The molecule has 0 aliphatic rings. The Bertz CT molecular complexity index is 9070. The zero-order valence-electron chi connectivity index (χ0n) is 67.5. The molecule has 28 rings (SSSR count). The van der Waals surface area contributed by atoms with Crippen LogP contribution in [0.4, 0.5) is 0 Å². The number of para-hydroxylation sites is 6. The lowest BCUT2D eigenvalue weighted by molar-refractivity contribution is 0.669. The molecule has 0 radical (unpaired) electrons. The highest BCUT2D eigenvalue weighted by Crippen LogP contribution is 2.49. The van der Waals surface area contributed by atoms with Crippen molar-refractivity contribution in [3.63, 3.8) is 0 Å². The minimum atomic E-state index is 0.882. The first-order valence-corrected chi connectivity index (χ1v) is 43.2. The molecule has 0 amide bonds. The lowest BCUT2D eigenvalue weighted by Gasteiger charge is -2.15. The minimum absolute atomic E-state index is 0.882. The summed E-state index contributed by atoms with van der Waals surface area (Å²) in [6.45, 7) is 0. The van der Waals surface area contributed by atoms with E-state index in [0.29, 0.717) is 0 Å². The lowest BCUT2D eigenvalue weighted by atomic mass is 9.95. The van der Waals surface area contributed by atoms with Crippen LogP contribution in [0.1, 0.15) is 0 Å². The maximum Gasteiger partial charge on any atom is 0.136 e. The summed E-state index contributed by atoms with van der Waals surface area (Å²) in [5.41, 5.74) is 22.6. The lowest BCUT2D eigenvalue weighted by Crippen LogP contribution is -1.98. The van der Waals surface area contributed by atoms with Gasteiger partial charge in [-0.1, -0.05) is 255 Å². The third-order valence-corrected chi connectivity index (χ3v) is 27.0. The molecule has 0 unspecified atom stereocenters. The highest BCUT2D eigenvalue weighted by molar-refractivity contribution is 7.26. The van der Waals surface area contributed by atoms with Crippen molar-refractivity contribution in [2.45, 2.75) is 0 Å². The summed E-state index contributed by atoms with van der Waals surface area (Å²) in [7, 11) is 0. The van der Waals surface area contributed by atoms with Crippen LogP contribution in [0.15, 0.2) is 418 Å². The summed E-state index contributed by atoms with van der Waals surface area (Å²) < 4.78 is 18.3. The van der Waals surface area contributed by atoms with Crippen molar-refractivity contribution in [1.82, 2.24) is 48.9 Å². The van der Waals surface area contributed by atoms with Crippen molar-refractivity contribution >= 4 is 205 Å². The molecular weight excluding hydrogens is 1560 g/mol. The van der Waals surface area contributed by atoms with Crippen LogP contribution in [0.5, 0.6) is 0 Å². The van der Waals surface area contributed by atoms with E-state index < -0.39 is 0 Å². The quantitative estimate of drug-likeness (QED) is 0.156. The second-order valence-corrected chi connectivity index (χ2v) is 33.6. The second kappa shape index (κ2) is 28.4. The van der Waals surface area contributed by atoms with Gasteiger partial charge in [-0.3, -0.25) is 0 Å². The fourth-order valence-corrected chi connectivity index (χ4v) is 21.5. The number of hydrogen-bond acceptors (Lipinski definition) is 8. The summed E-state index contributed by atoms with van der Waals surface area (Å²) in [5, 5.41) is 54.8. The first-order chi connectivity index (χ1) is 62.5. The van der Waals surface area contributed by atoms with Gasteiger partial charge >= 0.3 is 0 Å². The van der Waals surface area contributed by atoms with Crippen LogP contribution < -0.4 is 0 Å². The molecule has 9 heterocycles. The number of thiophene rings is 1. The number of furan rings is 1. The van der Waals surface area contributed by atoms with Gasteiger partial charge in [0.1, 0.15) is 11.2 Å². The van der Waals surface area contributed by atoms with Crippen LogP contribution in [0.3, 0.4) is 0 Å². The van der Waals surface area contributed by atoms with E-state index in [1.54, 1.807) is 0 Å². The summed E-state index contributed by atoms with van der Waals surface area (Å²) in [5.74, 6) is 0. The van der Waals surface area contributed by atoms with Crippen LogP contribution in [0.25, 0.3) is 250 Å². The Morgan fingerprint density at radius 3 is 0.992 bits per heavy atom. The molecule has 0 spiro atoms. The van der Waals surface area contributed by atoms with E-state index in [-0.39, 0.29) is 0 Å². The maximum atomic E-state index is 6.21. The van der Waals surface area contributed by atoms with Crippen molar-refractivity contribution in [2.75, 3.05) is 0 Å². The molecular formula is C114H68N10OS. The van der Waals surface area contributed by atoms with Crippen molar-refractivity contribution in [3.8, 4) is 56.1 Å². The van der Waals surface area contributed by atoms with Gasteiger partial charge in [0.2, 0.25) is 0 Å². The van der Waals surface area contributed by atoms with Crippen molar-refractivity contribution in [3.05, 3.63) is 413 Å². The van der Waals surface area contributed by atoms with Gasteiger partial charge in [-0.05, 0) is 187 Å². The van der Waals surface area contributed by atoms with Crippen LogP contribution in [-0.2, 0) is 0 Å². The molecule has 0 saturated carbocycles. The Kier molecular flexibility index (Phi) is 16.0. The Labute approximate surface area is 723 Å². The van der Waals surface area contributed by atoms with Crippen molar-refractivity contribution in [2.24, 2.45) is 0 Å². The molecule has 0 bridgehead atoms.